The third kappa shape index (κ3) is 5.64. The van der Waals surface area contributed by atoms with E-state index >= 15 is 0 Å². The smallest absolute Gasteiger partial charge is 0.179 e. The molecule has 0 N–H and O–H groups in total. The molecule has 48 heavy (non-hydrogen) atoms. The summed E-state index contributed by atoms with van der Waals surface area (Å²) < 4.78 is 14.9. The Morgan fingerprint density at radius 2 is 0.896 bits per heavy atom. The Morgan fingerprint density at radius 3 is 1.58 bits per heavy atom. The maximum Gasteiger partial charge on any atom is 0.179 e. The van der Waals surface area contributed by atoms with Crippen molar-refractivity contribution in [3.63, 3.8) is 0 Å². The molecule has 0 unspecified atom stereocenters. The fourth-order valence-corrected chi connectivity index (χ4v) is 8.75. The van der Waals surface area contributed by atoms with Gasteiger partial charge in [0.15, 0.2) is 13.0 Å². The van der Waals surface area contributed by atoms with Crippen molar-refractivity contribution < 1.29 is 4.57 Å². The molecule has 0 aliphatic heterocycles. The average molecular weight is 636 g/mol. The maximum atomic E-state index is 14.9. The minimum atomic E-state index is -3.05. The second-order valence-electron chi connectivity index (χ2n) is 11.6. The molecule has 0 fully saturated rings. The molecule has 0 aliphatic carbocycles. The van der Waals surface area contributed by atoms with E-state index in [9.17, 15) is 4.57 Å². The predicted molar refractivity (Wildman–Crippen MR) is 198 cm³/mol. The third-order valence-corrected chi connectivity index (χ3v) is 11.7. The lowest BCUT2D eigenvalue weighted by molar-refractivity contribution is 0.592. The van der Waals surface area contributed by atoms with Crippen molar-refractivity contribution in [2.75, 3.05) is 0 Å². The van der Waals surface area contributed by atoms with E-state index in [1.54, 1.807) is 0 Å². The molecule has 6 aromatic carbocycles. The quantitative estimate of drug-likeness (QED) is 0.164. The number of benzene rings is 6. The Morgan fingerprint density at radius 1 is 0.354 bits per heavy atom. The molecule has 5 heteroatoms. The van der Waals surface area contributed by atoms with Gasteiger partial charge in [0.05, 0.1) is 16.9 Å². The van der Waals surface area contributed by atoms with Gasteiger partial charge in [0, 0.05) is 32.4 Å². The Kier molecular flexibility index (Phi) is 7.78. The van der Waals surface area contributed by atoms with Crippen LogP contribution < -0.4 is 15.9 Å². The van der Waals surface area contributed by atoms with E-state index in [2.05, 4.69) is 60.7 Å². The Bertz CT molecular complexity index is 2370. The first-order chi connectivity index (χ1) is 23.6. The highest BCUT2D eigenvalue weighted by atomic mass is 31.2. The van der Waals surface area contributed by atoms with E-state index in [0.717, 1.165) is 66.2 Å². The van der Waals surface area contributed by atoms with Gasteiger partial charge in [-0.05, 0) is 35.4 Å². The lowest BCUT2D eigenvalue weighted by Crippen LogP contribution is -2.24. The first kappa shape index (κ1) is 29.4. The van der Waals surface area contributed by atoms with Gasteiger partial charge in [-0.3, -0.25) is 0 Å². The molecule has 2 aromatic heterocycles. The van der Waals surface area contributed by atoms with Gasteiger partial charge in [0.25, 0.3) is 0 Å². The summed E-state index contributed by atoms with van der Waals surface area (Å²) in [5.41, 5.74) is 7.32. The standard InChI is InChI=1S/C43H30N3OP/c47-48(36-18-6-2-7-19-36,37-20-8-3-9-21-37)38-26-23-31(24-27-38)34-16-12-17-35(29-34)42-30-41(32-13-4-1-5-14-32)45-43(46-42)40-28-25-33-15-10-11-22-39(33)44-40/h1-30H. The maximum absolute atomic E-state index is 14.9. The van der Waals surface area contributed by atoms with Crippen molar-refractivity contribution in [3.05, 3.63) is 182 Å². The summed E-state index contributed by atoms with van der Waals surface area (Å²) in [6.45, 7) is 0. The largest absolute Gasteiger partial charge is 0.309 e. The third-order valence-electron chi connectivity index (χ3n) is 8.59. The van der Waals surface area contributed by atoms with Crippen LogP contribution in [0, 0.1) is 0 Å². The molecule has 0 spiro atoms. The molecule has 4 nitrogen and oxygen atoms in total. The molecular weight excluding hydrogens is 605 g/mol. The first-order valence-electron chi connectivity index (χ1n) is 15.9. The minimum Gasteiger partial charge on any atom is -0.309 e. The van der Waals surface area contributed by atoms with Crippen LogP contribution in [0.1, 0.15) is 0 Å². The lowest BCUT2D eigenvalue weighted by Gasteiger charge is -2.20. The van der Waals surface area contributed by atoms with Crippen LogP contribution in [-0.4, -0.2) is 15.0 Å². The summed E-state index contributed by atoms with van der Waals surface area (Å²) >= 11 is 0. The van der Waals surface area contributed by atoms with Gasteiger partial charge in [-0.15, -0.1) is 0 Å². The second-order valence-corrected chi connectivity index (χ2v) is 14.4. The molecule has 0 saturated heterocycles. The molecule has 0 bridgehead atoms. The summed E-state index contributed by atoms with van der Waals surface area (Å²) in [5.74, 6) is 0.574. The number of nitrogens with zero attached hydrogens (tertiary/aromatic N) is 3. The highest BCUT2D eigenvalue weighted by molar-refractivity contribution is 7.85. The van der Waals surface area contributed by atoms with E-state index in [1.807, 2.05) is 121 Å². The van der Waals surface area contributed by atoms with Crippen molar-refractivity contribution in [2.45, 2.75) is 0 Å². The molecule has 228 valence electrons. The van der Waals surface area contributed by atoms with Crippen LogP contribution >= 0.6 is 7.14 Å². The zero-order valence-electron chi connectivity index (χ0n) is 26.0. The number of para-hydroxylation sites is 1. The molecular formula is C43H30N3OP. The molecule has 2 heterocycles. The number of hydrogen-bond acceptors (Lipinski definition) is 4. The number of fused-ring (bicyclic) bond motifs is 1. The number of rotatable bonds is 7. The second kappa shape index (κ2) is 12.7. The van der Waals surface area contributed by atoms with E-state index in [1.165, 1.54) is 0 Å². The van der Waals surface area contributed by atoms with Crippen molar-refractivity contribution in [1.29, 1.82) is 0 Å². The fraction of sp³-hybridized carbons (Fsp3) is 0. The van der Waals surface area contributed by atoms with Crippen molar-refractivity contribution in [2.24, 2.45) is 0 Å². The molecule has 0 amide bonds. The normalized spacial score (nSPS) is 11.4. The van der Waals surface area contributed by atoms with Crippen LogP contribution in [0.25, 0.3) is 56.1 Å². The summed E-state index contributed by atoms with van der Waals surface area (Å²) in [6.07, 6.45) is 0. The SMILES string of the molecule is O=P(c1ccccc1)(c1ccccc1)c1ccc(-c2cccc(-c3cc(-c4ccccc4)nc(-c4ccc5ccccc5n4)n3)c2)cc1. The van der Waals surface area contributed by atoms with Crippen molar-refractivity contribution in [1.82, 2.24) is 15.0 Å². The van der Waals surface area contributed by atoms with E-state index in [4.69, 9.17) is 15.0 Å². The summed E-state index contributed by atoms with van der Waals surface area (Å²) in [6, 6.07) is 60.3. The predicted octanol–water partition coefficient (Wildman–Crippen LogP) is 9.33. The van der Waals surface area contributed by atoms with Gasteiger partial charge < -0.3 is 4.57 Å². The number of hydrogen-bond donors (Lipinski definition) is 0. The highest BCUT2D eigenvalue weighted by Crippen LogP contribution is 2.42. The van der Waals surface area contributed by atoms with Crippen LogP contribution in [-0.2, 0) is 4.57 Å². The molecule has 8 aromatic rings. The minimum absolute atomic E-state index is 0.574. The summed E-state index contributed by atoms with van der Waals surface area (Å²) in [7, 11) is -3.05. The molecule has 0 saturated carbocycles. The fourth-order valence-electron chi connectivity index (χ4n) is 6.10. The van der Waals surface area contributed by atoms with Crippen LogP contribution in [0.5, 0.6) is 0 Å². The summed E-state index contributed by atoms with van der Waals surface area (Å²) in [4.78, 5) is 14.9. The zero-order valence-corrected chi connectivity index (χ0v) is 26.9. The Hall–Kier alpha value is -5.96. The van der Waals surface area contributed by atoms with Gasteiger partial charge in [-0.1, -0.05) is 158 Å². The molecule has 8 rings (SSSR count). The lowest BCUT2D eigenvalue weighted by atomic mass is 10.0. The monoisotopic (exact) mass is 635 g/mol. The molecule has 0 radical (unpaired) electrons. The van der Waals surface area contributed by atoms with E-state index < -0.39 is 7.14 Å². The topological polar surface area (TPSA) is 55.7 Å². The average Bonchev–Trinajstić information content (AvgIpc) is 3.18. The van der Waals surface area contributed by atoms with Crippen molar-refractivity contribution in [3.8, 4) is 45.2 Å². The van der Waals surface area contributed by atoms with Gasteiger partial charge in [-0.2, -0.15) is 0 Å². The molecule has 0 aliphatic rings. The van der Waals surface area contributed by atoms with Gasteiger partial charge >= 0.3 is 0 Å². The Balaban J connectivity index is 1.19. The van der Waals surface area contributed by atoms with Gasteiger partial charge in [-0.25, -0.2) is 15.0 Å². The highest BCUT2D eigenvalue weighted by Gasteiger charge is 2.29. The first-order valence-corrected chi connectivity index (χ1v) is 17.6. The van der Waals surface area contributed by atoms with Crippen LogP contribution in [0.3, 0.4) is 0 Å². The van der Waals surface area contributed by atoms with Gasteiger partial charge in [0.1, 0.15) is 5.69 Å². The van der Waals surface area contributed by atoms with E-state index in [-0.39, 0.29) is 0 Å². The number of pyridine rings is 1. The van der Waals surface area contributed by atoms with Crippen LogP contribution in [0.4, 0.5) is 0 Å². The van der Waals surface area contributed by atoms with Crippen molar-refractivity contribution >= 4 is 34.0 Å². The van der Waals surface area contributed by atoms with Crippen LogP contribution in [0.15, 0.2) is 182 Å². The van der Waals surface area contributed by atoms with E-state index in [0.29, 0.717) is 5.82 Å². The zero-order chi connectivity index (χ0) is 32.3. The molecule has 0 atom stereocenters. The summed E-state index contributed by atoms with van der Waals surface area (Å²) in [5, 5.41) is 3.51. The Labute approximate surface area is 279 Å². The van der Waals surface area contributed by atoms with Gasteiger partial charge in [0.2, 0.25) is 0 Å². The number of aromatic nitrogens is 3. The van der Waals surface area contributed by atoms with Crippen LogP contribution in [0.2, 0.25) is 0 Å².